The second-order valence-corrected chi connectivity index (χ2v) is 6.47. The fourth-order valence-electron chi connectivity index (χ4n) is 2.80. The molecule has 1 heterocycles. The lowest BCUT2D eigenvalue weighted by Gasteiger charge is -2.33. The summed E-state index contributed by atoms with van der Waals surface area (Å²) in [6, 6.07) is 10.9. The SMILES string of the molecule is NC(=O)COc1cccc(C(=O)N2CCO[C@@H](c3ccc(F)c(Cl)c3)C2)c1. The smallest absolute Gasteiger partial charge is 0.255 e. The number of carbonyl (C=O) groups excluding carboxylic acids is 2. The molecule has 2 N–H and O–H groups in total. The number of nitrogens with zero attached hydrogens (tertiary/aromatic N) is 1. The summed E-state index contributed by atoms with van der Waals surface area (Å²) in [4.78, 5) is 25.3. The molecule has 8 heteroatoms. The number of carbonyl (C=O) groups is 2. The summed E-state index contributed by atoms with van der Waals surface area (Å²) in [7, 11) is 0. The maximum absolute atomic E-state index is 13.4. The van der Waals surface area contributed by atoms with Gasteiger partial charge in [-0.1, -0.05) is 23.7 Å². The molecule has 1 aliphatic heterocycles. The molecule has 0 unspecified atom stereocenters. The Morgan fingerprint density at radius 1 is 1.30 bits per heavy atom. The molecule has 2 aromatic carbocycles. The lowest BCUT2D eigenvalue weighted by molar-refractivity contribution is -0.119. The second-order valence-electron chi connectivity index (χ2n) is 6.07. The standard InChI is InChI=1S/C19H18ClFN2O4/c20-15-9-12(4-5-16(15)21)17-10-23(6-7-26-17)19(25)13-2-1-3-14(8-13)27-11-18(22)24/h1-5,8-9,17H,6-7,10-11H2,(H2,22,24)/t17-/m1/s1. The fourth-order valence-corrected chi connectivity index (χ4v) is 2.99. The van der Waals surface area contributed by atoms with E-state index in [0.29, 0.717) is 36.6 Å². The Morgan fingerprint density at radius 3 is 2.85 bits per heavy atom. The number of rotatable bonds is 5. The highest BCUT2D eigenvalue weighted by atomic mass is 35.5. The number of nitrogens with two attached hydrogens (primary N) is 1. The van der Waals surface area contributed by atoms with Gasteiger partial charge in [0.05, 0.1) is 18.2 Å². The van der Waals surface area contributed by atoms with E-state index in [2.05, 4.69) is 0 Å². The van der Waals surface area contributed by atoms with Crippen LogP contribution in [0.4, 0.5) is 4.39 Å². The lowest BCUT2D eigenvalue weighted by atomic mass is 10.1. The van der Waals surface area contributed by atoms with Crippen molar-refractivity contribution in [1.82, 2.24) is 4.90 Å². The van der Waals surface area contributed by atoms with Gasteiger partial charge in [-0.3, -0.25) is 9.59 Å². The normalized spacial score (nSPS) is 16.8. The molecule has 0 bridgehead atoms. The molecule has 142 valence electrons. The molecule has 0 radical (unpaired) electrons. The van der Waals surface area contributed by atoms with Crippen molar-refractivity contribution >= 4 is 23.4 Å². The van der Waals surface area contributed by atoms with Crippen molar-refractivity contribution in [3.05, 3.63) is 64.4 Å². The van der Waals surface area contributed by atoms with E-state index in [1.807, 2.05) is 0 Å². The Balaban J connectivity index is 1.72. The van der Waals surface area contributed by atoms with Crippen LogP contribution in [-0.2, 0) is 9.53 Å². The minimum Gasteiger partial charge on any atom is -0.484 e. The van der Waals surface area contributed by atoms with Gasteiger partial charge in [0.2, 0.25) is 0 Å². The Labute approximate surface area is 160 Å². The van der Waals surface area contributed by atoms with E-state index in [1.165, 1.54) is 12.1 Å². The number of halogens is 2. The van der Waals surface area contributed by atoms with Crippen molar-refractivity contribution in [3.63, 3.8) is 0 Å². The summed E-state index contributed by atoms with van der Waals surface area (Å²) in [5, 5.41) is 0.0128. The average molecular weight is 393 g/mol. The summed E-state index contributed by atoms with van der Waals surface area (Å²) < 4.78 is 24.3. The van der Waals surface area contributed by atoms with Crippen LogP contribution in [0.5, 0.6) is 5.75 Å². The van der Waals surface area contributed by atoms with Gasteiger partial charge in [0.1, 0.15) is 17.7 Å². The summed E-state index contributed by atoms with van der Waals surface area (Å²) >= 11 is 5.84. The van der Waals surface area contributed by atoms with Crippen LogP contribution < -0.4 is 10.5 Å². The van der Waals surface area contributed by atoms with Crippen molar-refractivity contribution in [2.24, 2.45) is 5.73 Å². The first kappa shape index (κ1) is 19.1. The second kappa shape index (κ2) is 8.37. The van der Waals surface area contributed by atoms with Crippen molar-refractivity contribution in [1.29, 1.82) is 0 Å². The first-order chi connectivity index (χ1) is 12.9. The molecular formula is C19H18ClFN2O4. The van der Waals surface area contributed by atoms with Crippen LogP contribution in [0.15, 0.2) is 42.5 Å². The van der Waals surface area contributed by atoms with Crippen molar-refractivity contribution in [2.75, 3.05) is 26.3 Å². The Hall–Kier alpha value is -2.64. The van der Waals surface area contributed by atoms with Crippen LogP contribution in [-0.4, -0.2) is 43.0 Å². The van der Waals surface area contributed by atoms with Crippen molar-refractivity contribution < 1.29 is 23.5 Å². The Kier molecular flexibility index (Phi) is 5.93. The molecule has 1 fully saturated rings. The number of benzene rings is 2. The number of amides is 2. The Morgan fingerprint density at radius 2 is 2.11 bits per heavy atom. The molecule has 0 saturated carbocycles. The molecule has 2 amide bonds. The summed E-state index contributed by atoms with van der Waals surface area (Å²) in [5.74, 6) is -0.909. The van der Waals surface area contributed by atoms with Gasteiger partial charge in [0.25, 0.3) is 11.8 Å². The molecule has 1 aliphatic rings. The average Bonchev–Trinajstić information content (AvgIpc) is 2.68. The lowest BCUT2D eigenvalue weighted by Crippen LogP contribution is -2.42. The molecule has 0 spiro atoms. The fraction of sp³-hybridized carbons (Fsp3) is 0.263. The van der Waals surface area contributed by atoms with Crippen molar-refractivity contribution in [2.45, 2.75) is 6.10 Å². The molecule has 1 saturated heterocycles. The largest absolute Gasteiger partial charge is 0.484 e. The van der Waals surface area contributed by atoms with Gasteiger partial charge >= 0.3 is 0 Å². The number of morpholine rings is 1. The molecule has 6 nitrogen and oxygen atoms in total. The molecule has 27 heavy (non-hydrogen) atoms. The number of hydrogen-bond acceptors (Lipinski definition) is 4. The zero-order valence-corrected chi connectivity index (χ0v) is 15.1. The summed E-state index contributed by atoms with van der Waals surface area (Å²) in [6.45, 7) is 0.829. The highest BCUT2D eigenvalue weighted by molar-refractivity contribution is 6.30. The maximum atomic E-state index is 13.4. The number of primary amides is 1. The van der Waals surface area contributed by atoms with E-state index in [4.69, 9.17) is 26.8 Å². The van der Waals surface area contributed by atoms with Gasteiger partial charge in [-0.2, -0.15) is 0 Å². The van der Waals surface area contributed by atoms with E-state index in [9.17, 15) is 14.0 Å². The van der Waals surface area contributed by atoms with Gasteiger partial charge < -0.3 is 20.1 Å². The highest BCUT2D eigenvalue weighted by Crippen LogP contribution is 2.27. The molecule has 1 atom stereocenters. The predicted octanol–water partition coefficient (Wildman–Crippen LogP) is 2.56. The van der Waals surface area contributed by atoms with Gasteiger partial charge in [-0.15, -0.1) is 0 Å². The van der Waals surface area contributed by atoms with Crippen LogP contribution in [0, 0.1) is 5.82 Å². The molecule has 0 aliphatic carbocycles. The van der Waals surface area contributed by atoms with E-state index < -0.39 is 17.8 Å². The highest BCUT2D eigenvalue weighted by Gasteiger charge is 2.26. The topological polar surface area (TPSA) is 81.9 Å². The molecule has 0 aromatic heterocycles. The Bertz CT molecular complexity index is 861. The zero-order chi connectivity index (χ0) is 19.4. The van der Waals surface area contributed by atoms with Gasteiger partial charge in [-0.05, 0) is 35.9 Å². The third-order valence-corrected chi connectivity index (χ3v) is 4.42. The summed E-state index contributed by atoms with van der Waals surface area (Å²) in [5.41, 5.74) is 6.19. The van der Waals surface area contributed by atoms with Crippen LogP contribution in [0.25, 0.3) is 0 Å². The third-order valence-electron chi connectivity index (χ3n) is 4.13. The first-order valence-corrected chi connectivity index (χ1v) is 8.69. The van der Waals surface area contributed by atoms with E-state index in [-0.39, 0.29) is 17.5 Å². The molecular weight excluding hydrogens is 375 g/mol. The van der Waals surface area contributed by atoms with Crippen LogP contribution in [0.1, 0.15) is 22.0 Å². The monoisotopic (exact) mass is 392 g/mol. The van der Waals surface area contributed by atoms with E-state index in [1.54, 1.807) is 35.2 Å². The number of hydrogen-bond donors (Lipinski definition) is 1. The number of ether oxygens (including phenoxy) is 2. The minimum absolute atomic E-state index is 0.0128. The summed E-state index contributed by atoms with van der Waals surface area (Å²) in [6.07, 6.45) is -0.393. The third kappa shape index (κ3) is 4.75. The zero-order valence-electron chi connectivity index (χ0n) is 14.4. The van der Waals surface area contributed by atoms with E-state index >= 15 is 0 Å². The van der Waals surface area contributed by atoms with Crippen LogP contribution >= 0.6 is 11.6 Å². The van der Waals surface area contributed by atoms with Crippen LogP contribution in [0.3, 0.4) is 0 Å². The quantitative estimate of drug-likeness (QED) is 0.847. The van der Waals surface area contributed by atoms with Crippen molar-refractivity contribution in [3.8, 4) is 5.75 Å². The van der Waals surface area contributed by atoms with Gasteiger partial charge in [-0.25, -0.2) is 4.39 Å². The van der Waals surface area contributed by atoms with Crippen LogP contribution in [0.2, 0.25) is 5.02 Å². The molecule has 2 aromatic rings. The van der Waals surface area contributed by atoms with Gasteiger partial charge in [0.15, 0.2) is 6.61 Å². The predicted molar refractivity (Wildman–Crippen MR) is 97.1 cm³/mol. The van der Waals surface area contributed by atoms with Gasteiger partial charge in [0, 0.05) is 12.1 Å². The minimum atomic E-state index is -0.597. The first-order valence-electron chi connectivity index (χ1n) is 8.31. The molecule has 3 rings (SSSR count). The maximum Gasteiger partial charge on any atom is 0.255 e. The van der Waals surface area contributed by atoms with E-state index in [0.717, 1.165) is 0 Å².